The number of hydrogen-bond acceptors (Lipinski definition) is 4. The monoisotopic (exact) mass is 180 g/mol. The summed E-state index contributed by atoms with van der Waals surface area (Å²) < 4.78 is 4.64. The average Bonchev–Trinajstić information content (AvgIpc) is 2.08. The van der Waals surface area contributed by atoms with Crippen molar-refractivity contribution >= 4 is 11.9 Å². The van der Waals surface area contributed by atoms with Gasteiger partial charge in [-0.15, -0.1) is 0 Å². The molecule has 0 radical (unpaired) electrons. The maximum Gasteiger partial charge on any atom is 0.308 e. The highest BCUT2D eigenvalue weighted by molar-refractivity contribution is 5.69. The van der Waals surface area contributed by atoms with Gasteiger partial charge in [-0.25, -0.2) is 4.79 Å². The maximum atomic E-state index is 10.5. The topological polar surface area (TPSA) is 63.6 Å². The van der Waals surface area contributed by atoms with E-state index in [1.807, 2.05) is 0 Å². The first-order valence-electron chi connectivity index (χ1n) is 3.67. The van der Waals surface area contributed by atoms with Crippen molar-refractivity contribution < 1.29 is 19.4 Å². The lowest BCUT2D eigenvalue weighted by atomic mass is 10.1. The quantitative estimate of drug-likeness (QED) is 0.483. The van der Waals surface area contributed by atoms with E-state index in [4.69, 9.17) is 0 Å². The third-order valence-electron chi connectivity index (χ3n) is 1.49. The van der Waals surface area contributed by atoms with E-state index in [0.717, 1.165) is 0 Å². The summed E-state index contributed by atoms with van der Waals surface area (Å²) in [5.74, 6) is 0.715. The van der Waals surface area contributed by atoms with Crippen molar-refractivity contribution in [1.29, 1.82) is 0 Å². The molecule has 0 saturated carbocycles. The van der Waals surface area contributed by atoms with Crippen LogP contribution in [-0.4, -0.2) is 17.0 Å². The van der Waals surface area contributed by atoms with Gasteiger partial charge < -0.3 is 9.84 Å². The molecule has 4 heteroatoms. The lowest BCUT2D eigenvalue weighted by Crippen LogP contribution is -2.05. The summed E-state index contributed by atoms with van der Waals surface area (Å²) in [6, 6.07) is 0. The van der Waals surface area contributed by atoms with Crippen molar-refractivity contribution in [3.05, 3.63) is 29.2 Å². The first-order valence-corrected chi connectivity index (χ1v) is 3.67. The van der Waals surface area contributed by atoms with Crippen LogP contribution in [0.3, 0.4) is 0 Å². The summed E-state index contributed by atoms with van der Waals surface area (Å²) in [5.41, 5.74) is 0.0961. The second-order valence-corrected chi connectivity index (χ2v) is 2.49. The minimum absolute atomic E-state index is 0.00269. The van der Waals surface area contributed by atoms with E-state index >= 15 is 0 Å². The summed E-state index contributed by atoms with van der Waals surface area (Å²) in [6.07, 6.45) is 3.36. The van der Waals surface area contributed by atoms with Gasteiger partial charge in [-0.3, -0.25) is 4.79 Å². The van der Waals surface area contributed by atoms with Gasteiger partial charge in [-0.1, -0.05) is 6.08 Å². The summed E-state index contributed by atoms with van der Waals surface area (Å²) in [4.78, 5) is 20.8. The van der Waals surface area contributed by atoms with E-state index in [-0.39, 0.29) is 17.1 Å². The number of hydrogen-bond donors (Lipinski definition) is 1. The van der Waals surface area contributed by atoms with Crippen LogP contribution in [0.2, 0.25) is 0 Å². The Kier molecular flexibility index (Phi) is 2.67. The van der Waals surface area contributed by atoms with Crippen molar-refractivity contribution in [2.75, 3.05) is 0 Å². The maximum absolute atomic E-state index is 10.5. The van der Waals surface area contributed by atoms with Crippen LogP contribution in [0, 0.1) is 0 Å². The molecule has 0 unspecified atom stereocenters. The minimum atomic E-state index is -0.543. The molecule has 13 heavy (non-hydrogen) atoms. The highest BCUT2D eigenvalue weighted by atomic mass is 16.5. The predicted octanol–water partition coefficient (Wildman–Crippen LogP) is 1.04. The second kappa shape index (κ2) is 3.74. The summed E-state index contributed by atoms with van der Waals surface area (Å²) in [5, 5.41) is 9.33. The molecule has 4 nitrogen and oxygen atoms in total. The fraction of sp³-hybridized carbons (Fsp3) is 0.222. The molecule has 68 valence electrons. The molecule has 0 aromatic heterocycles. The normalized spacial score (nSPS) is 15.6. The van der Waals surface area contributed by atoms with Gasteiger partial charge in [0.1, 0.15) is 5.94 Å². The van der Waals surface area contributed by atoms with E-state index < -0.39 is 5.97 Å². The van der Waals surface area contributed by atoms with E-state index in [0.29, 0.717) is 6.42 Å². The molecule has 1 aliphatic rings. The van der Waals surface area contributed by atoms with Gasteiger partial charge in [0, 0.05) is 13.3 Å². The molecule has 0 spiro atoms. The largest absolute Gasteiger partial charge is 0.504 e. The van der Waals surface area contributed by atoms with Gasteiger partial charge in [-0.2, -0.15) is 0 Å². The standard InChI is InChI=1S/C9H8O4/c1-6(11)13-8-4-2-3-7(5-10)9(8)12/h2,4,12H,3H2,1H3. The van der Waals surface area contributed by atoms with Crippen molar-refractivity contribution in [1.82, 2.24) is 0 Å². The minimum Gasteiger partial charge on any atom is -0.504 e. The van der Waals surface area contributed by atoms with Crippen LogP contribution in [0.15, 0.2) is 29.2 Å². The zero-order chi connectivity index (χ0) is 9.84. The molecular formula is C9H8O4. The molecule has 0 bridgehead atoms. The molecule has 0 saturated heterocycles. The zero-order valence-corrected chi connectivity index (χ0v) is 7.03. The highest BCUT2D eigenvalue weighted by Crippen LogP contribution is 2.21. The number of allylic oxidation sites excluding steroid dienone is 3. The van der Waals surface area contributed by atoms with E-state index in [2.05, 4.69) is 4.74 Å². The van der Waals surface area contributed by atoms with Crippen LogP contribution < -0.4 is 0 Å². The van der Waals surface area contributed by atoms with Gasteiger partial charge in [0.15, 0.2) is 11.5 Å². The van der Waals surface area contributed by atoms with Gasteiger partial charge in [0.2, 0.25) is 0 Å². The van der Waals surface area contributed by atoms with Crippen LogP contribution >= 0.6 is 0 Å². The first-order chi connectivity index (χ1) is 6.15. The molecule has 0 atom stereocenters. The summed E-state index contributed by atoms with van der Waals surface area (Å²) in [6.45, 7) is 1.22. The first kappa shape index (κ1) is 9.29. The van der Waals surface area contributed by atoms with Crippen LogP contribution in [0.25, 0.3) is 0 Å². The number of esters is 1. The van der Waals surface area contributed by atoms with Crippen LogP contribution in [0.4, 0.5) is 0 Å². The number of aliphatic hydroxyl groups excluding tert-OH is 1. The molecule has 0 heterocycles. The predicted molar refractivity (Wildman–Crippen MR) is 44.4 cm³/mol. The fourth-order valence-electron chi connectivity index (χ4n) is 0.935. The highest BCUT2D eigenvalue weighted by Gasteiger charge is 2.15. The van der Waals surface area contributed by atoms with Gasteiger partial charge in [0.05, 0.1) is 5.57 Å². The third-order valence-corrected chi connectivity index (χ3v) is 1.49. The fourth-order valence-corrected chi connectivity index (χ4v) is 0.935. The number of carbonyl (C=O) groups is 1. The number of aliphatic hydroxyl groups is 1. The number of rotatable bonds is 1. The van der Waals surface area contributed by atoms with Gasteiger partial charge in [-0.05, 0) is 6.08 Å². The smallest absolute Gasteiger partial charge is 0.308 e. The third kappa shape index (κ3) is 2.07. The summed E-state index contributed by atoms with van der Waals surface area (Å²) in [7, 11) is 0. The molecule has 0 aliphatic heterocycles. The van der Waals surface area contributed by atoms with Gasteiger partial charge >= 0.3 is 5.97 Å². The Morgan fingerprint density at radius 3 is 2.92 bits per heavy atom. The zero-order valence-electron chi connectivity index (χ0n) is 7.03. The van der Waals surface area contributed by atoms with Crippen molar-refractivity contribution in [3.8, 4) is 0 Å². The molecule has 1 rings (SSSR count). The molecule has 0 aromatic rings. The van der Waals surface area contributed by atoms with E-state index in [1.54, 1.807) is 12.0 Å². The molecular weight excluding hydrogens is 172 g/mol. The van der Waals surface area contributed by atoms with Crippen LogP contribution in [-0.2, 0) is 14.3 Å². The van der Waals surface area contributed by atoms with E-state index in [9.17, 15) is 14.7 Å². The Bertz CT molecular complexity index is 343. The molecule has 1 aliphatic carbocycles. The van der Waals surface area contributed by atoms with E-state index in [1.165, 1.54) is 13.0 Å². The second-order valence-electron chi connectivity index (χ2n) is 2.49. The Labute approximate surface area is 74.8 Å². The Hall–Kier alpha value is -1.80. The molecule has 0 aromatic carbocycles. The molecule has 0 fully saturated rings. The number of carbonyl (C=O) groups excluding carboxylic acids is 2. The van der Waals surface area contributed by atoms with Crippen LogP contribution in [0.1, 0.15) is 13.3 Å². The van der Waals surface area contributed by atoms with Crippen molar-refractivity contribution in [2.45, 2.75) is 13.3 Å². The Balaban J connectivity index is 2.99. The Morgan fingerprint density at radius 1 is 1.69 bits per heavy atom. The van der Waals surface area contributed by atoms with Gasteiger partial charge in [0.25, 0.3) is 0 Å². The Morgan fingerprint density at radius 2 is 2.38 bits per heavy atom. The lowest BCUT2D eigenvalue weighted by Gasteiger charge is -2.09. The van der Waals surface area contributed by atoms with Crippen molar-refractivity contribution in [2.24, 2.45) is 0 Å². The molecule has 0 amide bonds. The van der Waals surface area contributed by atoms with Crippen molar-refractivity contribution in [3.63, 3.8) is 0 Å². The summed E-state index contributed by atoms with van der Waals surface area (Å²) >= 11 is 0. The SMILES string of the molecule is CC(=O)OC1=C(O)C(=C=O)CC=C1. The molecule has 1 N–H and O–H groups in total. The number of ether oxygens (including phenoxy) is 1. The average molecular weight is 180 g/mol. The lowest BCUT2D eigenvalue weighted by molar-refractivity contribution is -0.136. The van der Waals surface area contributed by atoms with Crippen LogP contribution in [0.5, 0.6) is 0 Å².